The molecule has 1 aliphatic rings. The molecule has 1 atom stereocenters. The average Bonchev–Trinajstić information content (AvgIpc) is 3.23. The highest BCUT2D eigenvalue weighted by atomic mass is 16.2. The van der Waals surface area contributed by atoms with E-state index in [2.05, 4.69) is 5.32 Å². The van der Waals surface area contributed by atoms with Gasteiger partial charge in [-0.1, -0.05) is 29.8 Å². The van der Waals surface area contributed by atoms with Gasteiger partial charge in [-0.3, -0.25) is 9.59 Å². The van der Waals surface area contributed by atoms with Crippen LogP contribution in [0.5, 0.6) is 0 Å². The number of hydrogen-bond donors (Lipinski definition) is 1. The van der Waals surface area contributed by atoms with Gasteiger partial charge in [-0.25, -0.2) is 4.98 Å². The van der Waals surface area contributed by atoms with Crippen LogP contribution in [0, 0.1) is 6.92 Å². The maximum atomic E-state index is 12.7. The Morgan fingerprint density at radius 1 is 1.17 bits per heavy atom. The second-order valence-corrected chi connectivity index (χ2v) is 8.01. The minimum absolute atomic E-state index is 0.0517. The summed E-state index contributed by atoms with van der Waals surface area (Å²) >= 11 is 0. The van der Waals surface area contributed by atoms with E-state index in [9.17, 15) is 9.59 Å². The maximum absolute atomic E-state index is 12.7. The topological polar surface area (TPSA) is 67.2 Å². The second kappa shape index (κ2) is 7.70. The van der Waals surface area contributed by atoms with Gasteiger partial charge < -0.3 is 14.8 Å². The Morgan fingerprint density at radius 2 is 1.90 bits per heavy atom. The van der Waals surface area contributed by atoms with Crippen molar-refractivity contribution in [2.24, 2.45) is 0 Å². The van der Waals surface area contributed by atoms with Gasteiger partial charge in [-0.15, -0.1) is 0 Å². The van der Waals surface area contributed by atoms with Gasteiger partial charge in [0.2, 0.25) is 11.8 Å². The highest BCUT2D eigenvalue weighted by Gasteiger charge is 2.35. The molecule has 4 rings (SSSR count). The minimum atomic E-state index is -0.0527. The molecule has 1 saturated heterocycles. The van der Waals surface area contributed by atoms with Gasteiger partial charge in [0.25, 0.3) is 0 Å². The zero-order valence-corrected chi connectivity index (χ0v) is 17.1. The molecule has 0 radical (unpaired) electrons. The first-order valence-corrected chi connectivity index (χ1v) is 10.0. The van der Waals surface area contributed by atoms with E-state index < -0.39 is 0 Å². The van der Waals surface area contributed by atoms with Crippen LogP contribution in [0.4, 0.5) is 5.69 Å². The summed E-state index contributed by atoms with van der Waals surface area (Å²) in [5, 5.41) is 2.95. The van der Waals surface area contributed by atoms with Crippen LogP contribution in [0.3, 0.4) is 0 Å². The van der Waals surface area contributed by atoms with Gasteiger partial charge in [-0.2, -0.15) is 0 Å². The molecule has 6 nitrogen and oxygen atoms in total. The van der Waals surface area contributed by atoms with Gasteiger partial charge in [0, 0.05) is 30.6 Å². The Morgan fingerprint density at radius 3 is 2.62 bits per heavy atom. The fourth-order valence-electron chi connectivity index (χ4n) is 3.94. The molecule has 0 saturated carbocycles. The predicted octanol–water partition coefficient (Wildman–Crippen LogP) is 3.39. The number of hydrogen-bond acceptors (Lipinski definition) is 3. The lowest BCUT2D eigenvalue weighted by molar-refractivity contribution is -0.122. The number of para-hydroxylation sites is 2. The molecule has 2 heterocycles. The fourth-order valence-corrected chi connectivity index (χ4v) is 3.94. The molecule has 1 aliphatic heterocycles. The summed E-state index contributed by atoms with van der Waals surface area (Å²) in [4.78, 5) is 31.9. The van der Waals surface area contributed by atoms with Crippen molar-refractivity contribution < 1.29 is 9.59 Å². The van der Waals surface area contributed by atoms with Gasteiger partial charge in [0.15, 0.2) is 0 Å². The normalized spacial score (nSPS) is 16.8. The molecule has 1 N–H and O–H groups in total. The summed E-state index contributed by atoms with van der Waals surface area (Å²) in [6, 6.07) is 15.9. The molecular weight excluding hydrogens is 364 g/mol. The number of rotatable bonds is 5. The predicted molar refractivity (Wildman–Crippen MR) is 114 cm³/mol. The summed E-state index contributed by atoms with van der Waals surface area (Å²) in [5.74, 6) is 0.782. The number of carbonyl (C=O) groups is 2. The van der Waals surface area contributed by atoms with Crippen molar-refractivity contribution >= 4 is 28.5 Å². The number of anilines is 1. The quantitative estimate of drug-likeness (QED) is 0.726. The Hall–Kier alpha value is -3.15. The van der Waals surface area contributed by atoms with E-state index >= 15 is 0 Å². The van der Waals surface area contributed by atoms with Gasteiger partial charge in [-0.05, 0) is 45.0 Å². The number of imidazole rings is 1. The first-order valence-electron chi connectivity index (χ1n) is 10.0. The zero-order chi connectivity index (χ0) is 20.5. The van der Waals surface area contributed by atoms with Gasteiger partial charge in [0.05, 0.1) is 11.0 Å². The Labute approximate surface area is 170 Å². The molecule has 2 amide bonds. The highest BCUT2D eigenvalue weighted by molar-refractivity contribution is 5.96. The van der Waals surface area contributed by atoms with Crippen LogP contribution in [0.15, 0.2) is 48.5 Å². The zero-order valence-electron chi connectivity index (χ0n) is 17.1. The Bertz CT molecular complexity index is 1050. The summed E-state index contributed by atoms with van der Waals surface area (Å²) < 4.78 is 1.96. The number of amides is 2. The van der Waals surface area contributed by atoms with Crippen LogP contribution in [0.25, 0.3) is 11.0 Å². The van der Waals surface area contributed by atoms with Crippen molar-refractivity contribution in [2.45, 2.75) is 45.7 Å². The molecule has 29 heavy (non-hydrogen) atoms. The van der Waals surface area contributed by atoms with Crippen molar-refractivity contribution in [3.8, 4) is 0 Å². The van der Waals surface area contributed by atoms with E-state index in [0.29, 0.717) is 13.0 Å². The molecule has 3 aromatic rings. The van der Waals surface area contributed by atoms with Crippen LogP contribution in [-0.2, 0) is 16.1 Å². The maximum Gasteiger partial charge on any atom is 0.240 e. The van der Waals surface area contributed by atoms with Gasteiger partial charge >= 0.3 is 0 Å². The number of aromatic nitrogens is 2. The SMILES string of the molecule is Cc1ccc(N2CC(c3nc4ccccc4n3CC(=O)NC(C)C)CC2=O)cc1. The molecule has 1 unspecified atom stereocenters. The minimum Gasteiger partial charge on any atom is -0.352 e. The number of aryl methyl sites for hydroxylation is 1. The molecule has 2 aromatic carbocycles. The van der Waals surface area contributed by atoms with E-state index in [1.165, 1.54) is 0 Å². The summed E-state index contributed by atoms with van der Waals surface area (Å²) in [6.45, 7) is 6.68. The van der Waals surface area contributed by atoms with Crippen LogP contribution in [0.1, 0.15) is 37.6 Å². The molecule has 1 aromatic heterocycles. The largest absolute Gasteiger partial charge is 0.352 e. The smallest absolute Gasteiger partial charge is 0.240 e. The third-order valence-electron chi connectivity index (χ3n) is 5.27. The first-order chi connectivity index (χ1) is 13.9. The van der Waals surface area contributed by atoms with Crippen LogP contribution >= 0.6 is 0 Å². The van der Waals surface area contributed by atoms with Crippen molar-refractivity contribution in [1.29, 1.82) is 0 Å². The van der Waals surface area contributed by atoms with Crippen LogP contribution in [0.2, 0.25) is 0 Å². The number of benzene rings is 2. The average molecular weight is 390 g/mol. The number of nitrogens with zero attached hydrogens (tertiary/aromatic N) is 3. The third kappa shape index (κ3) is 3.88. The first kappa shape index (κ1) is 19.2. The highest BCUT2D eigenvalue weighted by Crippen LogP contribution is 2.33. The Kier molecular flexibility index (Phi) is 5.09. The monoisotopic (exact) mass is 390 g/mol. The molecule has 150 valence electrons. The lowest BCUT2D eigenvalue weighted by Gasteiger charge is -2.18. The van der Waals surface area contributed by atoms with Crippen molar-refractivity contribution in [2.75, 3.05) is 11.4 Å². The van der Waals surface area contributed by atoms with E-state index in [1.54, 1.807) is 0 Å². The number of nitrogens with one attached hydrogen (secondary N) is 1. The van der Waals surface area contributed by atoms with Crippen molar-refractivity contribution in [3.63, 3.8) is 0 Å². The number of carbonyl (C=O) groups excluding carboxylic acids is 2. The lowest BCUT2D eigenvalue weighted by atomic mass is 10.1. The van der Waals surface area contributed by atoms with Crippen LogP contribution < -0.4 is 10.2 Å². The summed E-state index contributed by atoms with van der Waals surface area (Å²) in [5.41, 5.74) is 3.84. The van der Waals surface area contributed by atoms with E-state index in [-0.39, 0.29) is 30.3 Å². The molecule has 0 spiro atoms. The summed E-state index contributed by atoms with van der Waals surface area (Å²) in [7, 11) is 0. The van der Waals surface area contributed by atoms with Gasteiger partial charge in [0.1, 0.15) is 12.4 Å². The second-order valence-electron chi connectivity index (χ2n) is 8.01. The number of fused-ring (bicyclic) bond motifs is 1. The standard InChI is InChI=1S/C23H26N4O2/c1-15(2)24-21(28)14-27-20-7-5-4-6-19(20)25-23(27)17-12-22(29)26(13-17)18-10-8-16(3)9-11-18/h4-11,15,17H,12-14H2,1-3H3,(H,24,28). The molecule has 1 fully saturated rings. The third-order valence-corrected chi connectivity index (χ3v) is 5.27. The fraction of sp³-hybridized carbons (Fsp3) is 0.348. The summed E-state index contributed by atoms with van der Waals surface area (Å²) in [6.07, 6.45) is 0.392. The van der Waals surface area contributed by atoms with E-state index in [1.807, 2.05) is 78.8 Å². The molecule has 0 bridgehead atoms. The lowest BCUT2D eigenvalue weighted by Crippen LogP contribution is -2.33. The van der Waals surface area contributed by atoms with E-state index in [0.717, 1.165) is 28.1 Å². The van der Waals surface area contributed by atoms with Crippen LogP contribution in [-0.4, -0.2) is 34.0 Å². The van der Waals surface area contributed by atoms with E-state index in [4.69, 9.17) is 4.98 Å². The van der Waals surface area contributed by atoms with Crippen molar-refractivity contribution in [1.82, 2.24) is 14.9 Å². The molecule has 6 heteroatoms. The Balaban J connectivity index is 1.66. The van der Waals surface area contributed by atoms with Crippen molar-refractivity contribution in [3.05, 3.63) is 59.9 Å². The molecular formula is C23H26N4O2. The molecule has 0 aliphatic carbocycles.